The molecule has 4 heteroatoms. The molecule has 118 valence electrons. The third kappa shape index (κ3) is 6.63. The maximum absolute atomic E-state index is 12.3. The van der Waals surface area contributed by atoms with Crippen LogP contribution in [0, 0.1) is 0 Å². The molecule has 0 aliphatic rings. The van der Waals surface area contributed by atoms with Crippen molar-refractivity contribution in [2.75, 3.05) is 25.4 Å². The lowest BCUT2D eigenvalue weighted by Crippen LogP contribution is -2.34. The Balaban J connectivity index is 2.43. The minimum atomic E-state index is 0.0208. The van der Waals surface area contributed by atoms with Gasteiger partial charge in [0.05, 0.1) is 6.61 Å². The summed E-state index contributed by atoms with van der Waals surface area (Å²) in [6.07, 6.45) is 5.62. The second kappa shape index (κ2) is 10.2. The van der Waals surface area contributed by atoms with Crippen LogP contribution in [0.5, 0.6) is 0 Å². The molecule has 0 spiro atoms. The number of hydrogen-bond donors (Lipinski definition) is 2. The average molecular weight is 292 g/mol. The van der Waals surface area contributed by atoms with E-state index in [0.717, 1.165) is 30.6 Å². The zero-order chi connectivity index (χ0) is 15.5. The molecular weight excluding hydrogens is 264 g/mol. The number of benzene rings is 1. The number of carbonyl (C=O) groups excluding carboxylic acids is 1. The Morgan fingerprint density at radius 1 is 1.19 bits per heavy atom. The zero-order valence-electron chi connectivity index (χ0n) is 13.1. The van der Waals surface area contributed by atoms with E-state index >= 15 is 0 Å². The maximum Gasteiger partial charge on any atom is 0.222 e. The van der Waals surface area contributed by atoms with E-state index in [0.29, 0.717) is 19.4 Å². The van der Waals surface area contributed by atoms with Crippen LogP contribution < -0.4 is 5.73 Å². The van der Waals surface area contributed by atoms with Gasteiger partial charge in [-0.2, -0.15) is 0 Å². The van der Waals surface area contributed by atoms with Crippen molar-refractivity contribution < 1.29 is 9.90 Å². The van der Waals surface area contributed by atoms with Crippen molar-refractivity contribution in [3.8, 4) is 0 Å². The van der Waals surface area contributed by atoms with Gasteiger partial charge in [0.25, 0.3) is 0 Å². The van der Waals surface area contributed by atoms with Crippen molar-refractivity contribution in [2.45, 2.75) is 45.4 Å². The highest BCUT2D eigenvalue weighted by Gasteiger charge is 2.13. The van der Waals surface area contributed by atoms with Gasteiger partial charge < -0.3 is 15.7 Å². The number of nitrogen functional groups attached to an aromatic ring is 1. The molecule has 0 bridgehead atoms. The van der Waals surface area contributed by atoms with Crippen LogP contribution in [0.4, 0.5) is 5.69 Å². The van der Waals surface area contributed by atoms with Crippen molar-refractivity contribution in [2.24, 2.45) is 0 Å². The summed E-state index contributed by atoms with van der Waals surface area (Å²) in [6.45, 7) is 3.35. The molecule has 1 aromatic carbocycles. The largest absolute Gasteiger partial charge is 0.399 e. The molecule has 0 saturated heterocycles. The van der Waals surface area contributed by atoms with E-state index in [2.05, 4.69) is 6.92 Å². The summed E-state index contributed by atoms with van der Waals surface area (Å²) in [4.78, 5) is 14.0. The predicted molar refractivity (Wildman–Crippen MR) is 87.0 cm³/mol. The van der Waals surface area contributed by atoms with Crippen LogP contribution in [0.3, 0.4) is 0 Å². The van der Waals surface area contributed by atoms with E-state index in [-0.39, 0.29) is 12.5 Å². The summed E-state index contributed by atoms with van der Waals surface area (Å²) in [5.41, 5.74) is 7.64. The Labute approximate surface area is 128 Å². The monoisotopic (exact) mass is 292 g/mol. The van der Waals surface area contributed by atoms with Crippen LogP contribution in [0.25, 0.3) is 0 Å². The fourth-order valence-corrected chi connectivity index (χ4v) is 2.37. The number of aliphatic hydroxyl groups excluding tert-OH is 1. The molecule has 0 aliphatic heterocycles. The lowest BCUT2D eigenvalue weighted by Gasteiger charge is -2.22. The first-order valence-corrected chi connectivity index (χ1v) is 7.91. The third-order valence-electron chi connectivity index (χ3n) is 3.67. The van der Waals surface area contributed by atoms with Crippen LogP contribution in [0.2, 0.25) is 0 Å². The highest BCUT2D eigenvalue weighted by atomic mass is 16.3. The van der Waals surface area contributed by atoms with Crippen molar-refractivity contribution >= 4 is 11.6 Å². The quantitative estimate of drug-likeness (QED) is 0.514. The minimum absolute atomic E-state index is 0.0208. The Morgan fingerprint density at radius 3 is 2.62 bits per heavy atom. The Hall–Kier alpha value is -1.55. The Morgan fingerprint density at radius 2 is 1.95 bits per heavy atom. The number of anilines is 1. The van der Waals surface area contributed by atoms with Gasteiger partial charge in [0.1, 0.15) is 0 Å². The van der Waals surface area contributed by atoms with E-state index in [4.69, 9.17) is 10.8 Å². The number of para-hydroxylation sites is 1. The van der Waals surface area contributed by atoms with Crippen LogP contribution in [-0.2, 0) is 11.2 Å². The molecule has 1 amide bonds. The number of aryl methyl sites for hydroxylation is 1. The molecule has 0 aliphatic carbocycles. The number of nitrogens with two attached hydrogens (primary N) is 1. The van der Waals surface area contributed by atoms with E-state index in [9.17, 15) is 4.79 Å². The van der Waals surface area contributed by atoms with Crippen molar-refractivity contribution in [1.82, 2.24) is 4.90 Å². The summed E-state index contributed by atoms with van der Waals surface area (Å²) >= 11 is 0. The normalized spacial score (nSPS) is 10.6. The summed E-state index contributed by atoms with van der Waals surface area (Å²) < 4.78 is 0. The second-order valence-corrected chi connectivity index (χ2v) is 5.36. The standard InChI is InChI=1S/C17H28N2O2/c1-2-3-4-7-12-19(13-14-20)17(21)11-10-15-8-5-6-9-16(15)18/h5-6,8-9,20H,2-4,7,10-14,18H2,1H3. The van der Waals surface area contributed by atoms with Crippen molar-refractivity contribution in [1.29, 1.82) is 0 Å². The number of aliphatic hydroxyl groups is 1. The highest BCUT2D eigenvalue weighted by molar-refractivity contribution is 5.76. The molecule has 0 atom stereocenters. The summed E-state index contributed by atoms with van der Waals surface area (Å²) in [7, 11) is 0. The third-order valence-corrected chi connectivity index (χ3v) is 3.67. The van der Waals surface area contributed by atoms with Crippen LogP contribution in [-0.4, -0.2) is 35.6 Å². The lowest BCUT2D eigenvalue weighted by atomic mass is 10.1. The number of nitrogens with zero attached hydrogens (tertiary/aromatic N) is 1. The second-order valence-electron chi connectivity index (χ2n) is 5.36. The van der Waals surface area contributed by atoms with Gasteiger partial charge in [-0.05, 0) is 24.5 Å². The SMILES string of the molecule is CCCCCCN(CCO)C(=O)CCc1ccccc1N. The topological polar surface area (TPSA) is 66.6 Å². The molecule has 0 aromatic heterocycles. The average Bonchev–Trinajstić information content (AvgIpc) is 2.49. The van der Waals surface area contributed by atoms with Crippen molar-refractivity contribution in [3.05, 3.63) is 29.8 Å². The molecule has 0 unspecified atom stereocenters. The molecule has 21 heavy (non-hydrogen) atoms. The first-order chi connectivity index (χ1) is 10.2. The van der Waals surface area contributed by atoms with Crippen molar-refractivity contribution in [3.63, 3.8) is 0 Å². The van der Waals surface area contributed by atoms with Gasteiger partial charge in [-0.3, -0.25) is 4.79 Å². The van der Waals surface area contributed by atoms with Gasteiger partial charge in [0, 0.05) is 25.2 Å². The molecule has 0 saturated carbocycles. The first-order valence-electron chi connectivity index (χ1n) is 7.91. The van der Waals surface area contributed by atoms with Gasteiger partial charge >= 0.3 is 0 Å². The molecule has 0 heterocycles. The first kappa shape index (κ1) is 17.5. The smallest absolute Gasteiger partial charge is 0.222 e. The summed E-state index contributed by atoms with van der Waals surface area (Å²) in [5, 5.41) is 9.10. The minimum Gasteiger partial charge on any atom is -0.399 e. The fourth-order valence-electron chi connectivity index (χ4n) is 2.37. The fraction of sp³-hybridized carbons (Fsp3) is 0.588. The molecule has 1 aromatic rings. The van der Waals surface area contributed by atoms with E-state index in [1.165, 1.54) is 12.8 Å². The number of hydrogen-bond acceptors (Lipinski definition) is 3. The molecule has 4 nitrogen and oxygen atoms in total. The van der Waals surface area contributed by atoms with Gasteiger partial charge in [-0.25, -0.2) is 0 Å². The number of amides is 1. The number of carbonyl (C=O) groups is 1. The summed E-state index contributed by atoms with van der Waals surface area (Å²) in [5.74, 6) is 0.101. The number of unbranched alkanes of at least 4 members (excludes halogenated alkanes) is 3. The Kier molecular flexibility index (Phi) is 8.51. The summed E-state index contributed by atoms with van der Waals surface area (Å²) in [6, 6.07) is 7.65. The molecule has 0 radical (unpaired) electrons. The zero-order valence-corrected chi connectivity index (χ0v) is 13.1. The predicted octanol–water partition coefficient (Wildman–Crippen LogP) is 2.60. The Bertz CT molecular complexity index is 421. The molecule has 3 N–H and O–H groups in total. The van der Waals surface area contributed by atoms with E-state index < -0.39 is 0 Å². The van der Waals surface area contributed by atoms with Gasteiger partial charge in [0.15, 0.2) is 0 Å². The maximum atomic E-state index is 12.3. The number of rotatable bonds is 10. The molecule has 0 fully saturated rings. The molecule has 1 rings (SSSR count). The molecular formula is C17H28N2O2. The highest BCUT2D eigenvalue weighted by Crippen LogP contribution is 2.13. The van der Waals surface area contributed by atoms with E-state index in [1.807, 2.05) is 24.3 Å². The van der Waals surface area contributed by atoms with Crippen LogP contribution in [0.1, 0.15) is 44.6 Å². The van der Waals surface area contributed by atoms with Crippen LogP contribution >= 0.6 is 0 Å². The van der Waals surface area contributed by atoms with Gasteiger partial charge in [-0.15, -0.1) is 0 Å². The van der Waals surface area contributed by atoms with Gasteiger partial charge in [0.2, 0.25) is 5.91 Å². The van der Waals surface area contributed by atoms with Crippen LogP contribution in [0.15, 0.2) is 24.3 Å². The van der Waals surface area contributed by atoms with E-state index in [1.54, 1.807) is 4.90 Å². The lowest BCUT2D eigenvalue weighted by molar-refractivity contribution is -0.131. The van der Waals surface area contributed by atoms with Gasteiger partial charge in [-0.1, -0.05) is 44.4 Å².